The van der Waals surface area contributed by atoms with E-state index in [0.29, 0.717) is 6.54 Å². The van der Waals surface area contributed by atoms with Gasteiger partial charge < -0.3 is 10.5 Å². The van der Waals surface area contributed by atoms with Crippen LogP contribution in [-0.4, -0.2) is 18.2 Å². The smallest absolute Gasteiger partial charge is 0.414 e. The van der Waals surface area contributed by atoms with E-state index in [2.05, 4.69) is 13.0 Å². The van der Waals surface area contributed by atoms with E-state index >= 15 is 0 Å². The van der Waals surface area contributed by atoms with Crippen LogP contribution in [0.2, 0.25) is 0 Å². The van der Waals surface area contributed by atoms with Crippen molar-refractivity contribution in [2.24, 2.45) is 5.73 Å². The lowest BCUT2D eigenvalue weighted by Gasteiger charge is -2.34. The van der Waals surface area contributed by atoms with E-state index < -0.39 is 5.60 Å². The molecule has 0 bridgehead atoms. The summed E-state index contributed by atoms with van der Waals surface area (Å²) in [5, 5.41) is 0. The van der Waals surface area contributed by atoms with Crippen molar-refractivity contribution < 1.29 is 9.53 Å². The lowest BCUT2D eigenvalue weighted by atomic mass is 9.93. The molecule has 0 aliphatic carbocycles. The Hall–Kier alpha value is -1.55. The first-order valence-corrected chi connectivity index (χ1v) is 7.06. The van der Waals surface area contributed by atoms with Crippen LogP contribution in [0, 0.1) is 13.8 Å². The van der Waals surface area contributed by atoms with Gasteiger partial charge in [0.15, 0.2) is 0 Å². The molecule has 0 saturated heterocycles. The number of amides is 1. The van der Waals surface area contributed by atoms with E-state index in [1.807, 2.05) is 33.8 Å². The summed E-state index contributed by atoms with van der Waals surface area (Å²) in [6.07, 6.45) is 0.461. The predicted octanol–water partition coefficient (Wildman–Crippen LogP) is 3.45. The normalized spacial score (nSPS) is 18.7. The highest BCUT2D eigenvalue weighted by molar-refractivity contribution is 5.90. The van der Waals surface area contributed by atoms with Crippen LogP contribution in [0.1, 0.15) is 49.9 Å². The number of nitrogens with zero attached hydrogens (tertiary/aromatic N) is 1. The number of fused-ring (bicyclic) bond motifs is 1. The van der Waals surface area contributed by atoms with Gasteiger partial charge in [-0.15, -0.1) is 0 Å². The molecule has 2 N–H and O–H groups in total. The van der Waals surface area contributed by atoms with Crippen LogP contribution in [0.5, 0.6) is 0 Å². The molecule has 1 aliphatic heterocycles. The minimum atomic E-state index is -0.490. The summed E-state index contributed by atoms with van der Waals surface area (Å²) >= 11 is 0. The third kappa shape index (κ3) is 2.96. The summed E-state index contributed by atoms with van der Waals surface area (Å²) in [6.45, 7) is 10.3. The summed E-state index contributed by atoms with van der Waals surface area (Å²) < 4.78 is 5.49. The second-order valence-electron chi connectivity index (χ2n) is 6.52. The van der Waals surface area contributed by atoms with Crippen molar-refractivity contribution in [1.82, 2.24) is 0 Å². The minimum Gasteiger partial charge on any atom is -0.443 e. The number of benzene rings is 1. The summed E-state index contributed by atoms with van der Waals surface area (Å²) in [7, 11) is 0. The van der Waals surface area contributed by atoms with Crippen molar-refractivity contribution in [3.8, 4) is 0 Å². The fraction of sp³-hybridized carbons (Fsp3) is 0.562. The number of rotatable bonds is 0. The molecule has 1 aromatic carbocycles. The SMILES string of the molecule is Cc1cc2c(cc1C)N(C(=O)OC(C)(C)C)CCC2N. The fourth-order valence-electron chi connectivity index (χ4n) is 2.40. The van der Waals surface area contributed by atoms with E-state index in [-0.39, 0.29) is 12.1 Å². The molecule has 0 saturated carbocycles. The van der Waals surface area contributed by atoms with Gasteiger partial charge in [-0.25, -0.2) is 4.79 Å². The Morgan fingerprint density at radius 2 is 1.90 bits per heavy atom. The molecule has 1 amide bonds. The molecule has 0 aromatic heterocycles. The number of hydrogen-bond donors (Lipinski definition) is 1. The van der Waals surface area contributed by atoms with Crippen molar-refractivity contribution in [2.75, 3.05) is 11.4 Å². The molecule has 4 nitrogen and oxygen atoms in total. The Morgan fingerprint density at radius 1 is 1.30 bits per heavy atom. The van der Waals surface area contributed by atoms with E-state index in [4.69, 9.17) is 10.5 Å². The highest BCUT2D eigenvalue weighted by Crippen LogP contribution is 2.35. The average Bonchev–Trinajstić information content (AvgIpc) is 2.30. The first kappa shape index (κ1) is 14.9. The lowest BCUT2D eigenvalue weighted by Crippen LogP contribution is -2.41. The van der Waals surface area contributed by atoms with Crippen LogP contribution < -0.4 is 10.6 Å². The third-order valence-electron chi connectivity index (χ3n) is 3.61. The van der Waals surface area contributed by atoms with Crippen LogP contribution in [0.4, 0.5) is 10.5 Å². The van der Waals surface area contributed by atoms with Gasteiger partial charge in [0.2, 0.25) is 0 Å². The van der Waals surface area contributed by atoms with Gasteiger partial charge >= 0.3 is 6.09 Å². The fourth-order valence-corrected chi connectivity index (χ4v) is 2.40. The van der Waals surface area contributed by atoms with Crippen LogP contribution in [0.25, 0.3) is 0 Å². The maximum Gasteiger partial charge on any atom is 0.414 e. The van der Waals surface area contributed by atoms with Crippen molar-refractivity contribution in [1.29, 1.82) is 0 Å². The van der Waals surface area contributed by atoms with Gasteiger partial charge in [0, 0.05) is 12.6 Å². The number of carbonyl (C=O) groups is 1. The molecule has 0 spiro atoms. The second-order valence-corrected chi connectivity index (χ2v) is 6.52. The van der Waals surface area contributed by atoms with Crippen molar-refractivity contribution >= 4 is 11.8 Å². The second kappa shape index (κ2) is 5.09. The molecule has 1 aromatic rings. The van der Waals surface area contributed by atoms with Crippen molar-refractivity contribution in [2.45, 2.75) is 52.7 Å². The Bertz CT molecular complexity index is 532. The van der Waals surface area contributed by atoms with Gasteiger partial charge in [0.05, 0.1) is 5.69 Å². The molecule has 4 heteroatoms. The zero-order valence-electron chi connectivity index (χ0n) is 13.0. The molecule has 1 atom stereocenters. The van der Waals surface area contributed by atoms with Gasteiger partial charge in [-0.2, -0.15) is 0 Å². The Labute approximate surface area is 120 Å². The number of nitrogens with two attached hydrogens (primary N) is 1. The van der Waals surface area contributed by atoms with Gasteiger partial charge in [-0.3, -0.25) is 4.90 Å². The van der Waals surface area contributed by atoms with E-state index in [1.165, 1.54) is 5.56 Å². The number of ether oxygens (including phenoxy) is 1. The number of anilines is 1. The van der Waals surface area contributed by atoms with Crippen LogP contribution in [0.3, 0.4) is 0 Å². The molecule has 110 valence electrons. The summed E-state index contributed by atoms with van der Waals surface area (Å²) in [6, 6.07) is 4.11. The molecular weight excluding hydrogens is 252 g/mol. The van der Waals surface area contributed by atoms with Gasteiger partial charge in [0.25, 0.3) is 0 Å². The molecular formula is C16H24N2O2. The summed E-state index contributed by atoms with van der Waals surface area (Å²) in [5.74, 6) is 0. The zero-order valence-corrected chi connectivity index (χ0v) is 13.0. The quantitative estimate of drug-likeness (QED) is 0.789. The summed E-state index contributed by atoms with van der Waals surface area (Å²) in [4.78, 5) is 14.0. The molecule has 1 unspecified atom stereocenters. The van der Waals surface area contributed by atoms with Crippen molar-refractivity contribution in [3.05, 3.63) is 28.8 Å². The molecule has 20 heavy (non-hydrogen) atoms. The predicted molar refractivity (Wildman–Crippen MR) is 81.0 cm³/mol. The van der Waals surface area contributed by atoms with E-state index in [1.54, 1.807) is 4.90 Å². The average molecular weight is 276 g/mol. The molecule has 0 radical (unpaired) electrons. The Kier molecular flexibility index (Phi) is 3.78. The summed E-state index contributed by atoms with van der Waals surface area (Å²) in [5.41, 5.74) is 9.97. The van der Waals surface area contributed by atoms with Crippen LogP contribution in [-0.2, 0) is 4.74 Å². The maximum absolute atomic E-state index is 12.3. The van der Waals surface area contributed by atoms with Crippen LogP contribution >= 0.6 is 0 Å². The van der Waals surface area contributed by atoms with Crippen LogP contribution in [0.15, 0.2) is 12.1 Å². The van der Waals surface area contributed by atoms with Crippen molar-refractivity contribution in [3.63, 3.8) is 0 Å². The third-order valence-corrected chi connectivity index (χ3v) is 3.61. The lowest BCUT2D eigenvalue weighted by molar-refractivity contribution is 0.0576. The standard InChI is InChI=1S/C16H24N2O2/c1-10-8-12-13(17)6-7-18(14(12)9-11(10)2)15(19)20-16(3,4)5/h8-9,13H,6-7,17H2,1-5H3. The van der Waals surface area contributed by atoms with E-state index in [0.717, 1.165) is 23.2 Å². The monoisotopic (exact) mass is 276 g/mol. The Balaban J connectivity index is 2.38. The highest BCUT2D eigenvalue weighted by atomic mass is 16.6. The molecule has 0 fully saturated rings. The zero-order chi connectivity index (χ0) is 15.1. The van der Waals surface area contributed by atoms with E-state index in [9.17, 15) is 4.79 Å². The molecule has 1 heterocycles. The topological polar surface area (TPSA) is 55.6 Å². The number of hydrogen-bond acceptors (Lipinski definition) is 3. The van der Waals surface area contributed by atoms with Gasteiger partial charge in [0.1, 0.15) is 5.60 Å². The first-order valence-electron chi connectivity index (χ1n) is 7.06. The molecule has 1 aliphatic rings. The first-order chi connectivity index (χ1) is 9.19. The maximum atomic E-state index is 12.3. The molecule has 2 rings (SSSR count). The number of aryl methyl sites for hydroxylation is 2. The highest BCUT2D eigenvalue weighted by Gasteiger charge is 2.30. The van der Waals surface area contributed by atoms with Gasteiger partial charge in [-0.05, 0) is 63.8 Å². The van der Waals surface area contributed by atoms with Gasteiger partial charge in [-0.1, -0.05) is 6.07 Å². The largest absolute Gasteiger partial charge is 0.443 e. The Morgan fingerprint density at radius 3 is 2.50 bits per heavy atom. The minimum absolute atomic E-state index is 0.0111. The number of carbonyl (C=O) groups excluding carboxylic acids is 1.